The third-order valence-corrected chi connectivity index (χ3v) is 3.07. The highest BCUT2D eigenvalue weighted by Gasteiger charge is 2.30. The van der Waals surface area contributed by atoms with Gasteiger partial charge in [-0.3, -0.25) is 14.5 Å². The van der Waals surface area contributed by atoms with Crippen LogP contribution in [0.2, 0.25) is 0 Å². The quantitative estimate of drug-likeness (QED) is 0.700. The predicted molar refractivity (Wildman–Crippen MR) is 70.0 cm³/mol. The van der Waals surface area contributed by atoms with Gasteiger partial charge >= 0.3 is 0 Å². The highest BCUT2D eigenvalue weighted by atomic mass is 16.2. The van der Waals surface area contributed by atoms with Crippen molar-refractivity contribution in [3.63, 3.8) is 0 Å². The zero-order valence-corrected chi connectivity index (χ0v) is 11.8. The number of amides is 2. The fourth-order valence-corrected chi connectivity index (χ4v) is 1.85. The van der Waals surface area contributed by atoms with Crippen molar-refractivity contribution in [2.24, 2.45) is 5.73 Å². The Morgan fingerprint density at radius 1 is 1.17 bits per heavy atom. The lowest BCUT2D eigenvalue weighted by Gasteiger charge is -2.37. The summed E-state index contributed by atoms with van der Waals surface area (Å²) in [6.45, 7) is 6.58. The summed E-state index contributed by atoms with van der Waals surface area (Å²) in [5, 5.41) is 0. The third kappa shape index (κ3) is 3.96. The average Bonchev–Trinajstić information content (AvgIpc) is 2.27. The predicted octanol–water partition coefficient (Wildman–Crippen LogP) is -1.04. The van der Waals surface area contributed by atoms with Crippen molar-refractivity contribution in [3.8, 4) is 0 Å². The van der Waals surface area contributed by atoms with Gasteiger partial charge in [-0.2, -0.15) is 0 Å². The van der Waals surface area contributed by atoms with Crippen LogP contribution in [0.25, 0.3) is 0 Å². The van der Waals surface area contributed by atoms with E-state index >= 15 is 0 Å². The Labute approximate surface area is 109 Å². The lowest BCUT2D eigenvalue weighted by molar-refractivity contribution is -0.138. The molecule has 0 aromatic heterocycles. The molecular weight excluding hydrogens is 232 g/mol. The van der Waals surface area contributed by atoms with E-state index < -0.39 is 5.54 Å². The van der Waals surface area contributed by atoms with Gasteiger partial charge in [0.05, 0.1) is 12.1 Å². The van der Waals surface area contributed by atoms with Crippen LogP contribution in [-0.2, 0) is 9.59 Å². The molecule has 6 heteroatoms. The third-order valence-electron chi connectivity index (χ3n) is 3.07. The Balaban J connectivity index is 2.42. The van der Waals surface area contributed by atoms with Crippen molar-refractivity contribution in [2.45, 2.75) is 19.4 Å². The first-order valence-electron chi connectivity index (χ1n) is 6.22. The first kappa shape index (κ1) is 14.9. The van der Waals surface area contributed by atoms with Crippen LogP contribution in [-0.4, -0.2) is 78.9 Å². The zero-order valence-electron chi connectivity index (χ0n) is 11.8. The van der Waals surface area contributed by atoms with Crippen LogP contribution in [0.5, 0.6) is 0 Å². The maximum atomic E-state index is 12.0. The van der Waals surface area contributed by atoms with Gasteiger partial charge in [-0.1, -0.05) is 0 Å². The lowest BCUT2D eigenvalue weighted by Crippen LogP contribution is -2.57. The summed E-state index contributed by atoms with van der Waals surface area (Å²) in [6.07, 6.45) is 0. The molecule has 1 aliphatic rings. The summed E-state index contributed by atoms with van der Waals surface area (Å²) in [4.78, 5) is 29.0. The molecule has 6 nitrogen and oxygen atoms in total. The van der Waals surface area contributed by atoms with Gasteiger partial charge in [0.25, 0.3) is 0 Å². The number of likely N-dealkylation sites (N-methyl/N-ethyl adjacent to an activating group) is 1. The Morgan fingerprint density at radius 2 is 1.67 bits per heavy atom. The summed E-state index contributed by atoms with van der Waals surface area (Å²) in [5.41, 5.74) is 4.98. The number of piperazine rings is 1. The molecule has 1 aliphatic heterocycles. The van der Waals surface area contributed by atoms with Gasteiger partial charge in [-0.15, -0.1) is 0 Å². The molecule has 0 aliphatic carbocycles. The monoisotopic (exact) mass is 256 g/mol. The number of carbonyl (C=O) groups excluding carboxylic acids is 2. The molecule has 2 amide bonds. The van der Waals surface area contributed by atoms with Crippen LogP contribution >= 0.6 is 0 Å². The Morgan fingerprint density at radius 3 is 2.06 bits per heavy atom. The Bertz CT molecular complexity index is 315. The van der Waals surface area contributed by atoms with Crippen LogP contribution in [0.1, 0.15) is 13.8 Å². The Hall–Kier alpha value is -1.14. The molecule has 18 heavy (non-hydrogen) atoms. The van der Waals surface area contributed by atoms with E-state index in [0.29, 0.717) is 19.6 Å². The maximum absolute atomic E-state index is 12.0. The Kier molecular flexibility index (Phi) is 4.70. The van der Waals surface area contributed by atoms with E-state index in [9.17, 15) is 9.59 Å². The minimum absolute atomic E-state index is 0.0268. The van der Waals surface area contributed by atoms with E-state index in [2.05, 4.69) is 4.90 Å². The van der Waals surface area contributed by atoms with Crippen molar-refractivity contribution >= 4 is 11.8 Å². The van der Waals surface area contributed by atoms with Gasteiger partial charge in [-0.05, 0) is 13.8 Å². The van der Waals surface area contributed by atoms with Gasteiger partial charge in [0.1, 0.15) is 0 Å². The number of nitrogens with zero attached hydrogens (tertiary/aromatic N) is 3. The van der Waals surface area contributed by atoms with E-state index in [4.69, 9.17) is 5.73 Å². The first-order valence-corrected chi connectivity index (χ1v) is 6.22. The smallest absolute Gasteiger partial charge is 0.242 e. The first-order chi connectivity index (χ1) is 8.21. The zero-order chi connectivity index (χ0) is 13.9. The summed E-state index contributed by atoms with van der Waals surface area (Å²) < 4.78 is 0. The minimum atomic E-state index is -0.818. The van der Waals surface area contributed by atoms with Crippen molar-refractivity contribution in [2.75, 3.05) is 46.8 Å². The molecule has 0 spiro atoms. The van der Waals surface area contributed by atoms with Crippen molar-refractivity contribution in [3.05, 3.63) is 0 Å². The van der Waals surface area contributed by atoms with E-state index in [1.54, 1.807) is 37.7 Å². The summed E-state index contributed by atoms with van der Waals surface area (Å²) in [5.74, 6) is 0.0648. The van der Waals surface area contributed by atoms with Crippen LogP contribution in [0.4, 0.5) is 0 Å². The molecular formula is C12H24N4O2. The molecule has 0 unspecified atom stereocenters. The molecule has 0 aromatic rings. The number of hydrogen-bond donors (Lipinski definition) is 1. The lowest BCUT2D eigenvalue weighted by atomic mass is 10.0. The molecule has 0 aromatic carbocycles. The summed E-state index contributed by atoms with van der Waals surface area (Å²) >= 11 is 0. The van der Waals surface area contributed by atoms with Crippen molar-refractivity contribution < 1.29 is 9.59 Å². The molecule has 104 valence electrons. The SMILES string of the molecule is CN(C)C(=O)CN1CCN(C(=O)C(C)(C)N)CC1. The molecule has 0 radical (unpaired) electrons. The molecule has 0 bridgehead atoms. The fraction of sp³-hybridized carbons (Fsp3) is 0.833. The summed E-state index contributed by atoms with van der Waals surface area (Å²) in [7, 11) is 3.50. The van der Waals surface area contributed by atoms with Gasteiger partial charge in [0.2, 0.25) is 11.8 Å². The maximum Gasteiger partial charge on any atom is 0.242 e. The van der Waals surface area contributed by atoms with E-state index in [1.165, 1.54) is 0 Å². The largest absolute Gasteiger partial charge is 0.348 e. The molecule has 1 saturated heterocycles. The standard InChI is InChI=1S/C12H24N4O2/c1-12(2,13)11(18)16-7-5-15(6-8-16)9-10(17)14(3)4/h5-9,13H2,1-4H3. The molecule has 0 saturated carbocycles. The molecule has 1 fully saturated rings. The van der Waals surface area contributed by atoms with Crippen molar-refractivity contribution in [1.82, 2.24) is 14.7 Å². The highest BCUT2D eigenvalue weighted by Crippen LogP contribution is 2.08. The normalized spacial score (nSPS) is 17.7. The molecule has 1 heterocycles. The number of rotatable bonds is 3. The van der Waals surface area contributed by atoms with Crippen molar-refractivity contribution in [1.29, 1.82) is 0 Å². The number of hydrogen-bond acceptors (Lipinski definition) is 4. The highest BCUT2D eigenvalue weighted by molar-refractivity contribution is 5.85. The van der Waals surface area contributed by atoms with E-state index in [0.717, 1.165) is 13.1 Å². The minimum Gasteiger partial charge on any atom is -0.348 e. The van der Waals surface area contributed by atoms with Crippen LogP contribution in [0.15, 0.2) is 0 Å². The van der Waals surface area contributed by atoms with Crippen LogP contribution in [0, 0.1) is 0 Å². The fourth-order valence-electron chi connectivity index (χ4n) is 1.85. The second kappa shape index (κ2) is 5.67. The second-order valence-corrected chi connectivity index (χ2v) is 5.58. The molecule has 1 rings (SSSR count). The molecule has 0 atom stereocenters. The van der Waals surface area contributed by atoms with E-state index in [1.807, 2.05) is 0 Å². The van der Waals surface area contributed by atoms with Crippen LogP contribution < -0.4 is 5.73 Å². The van der Waals surface area contributed by atoms with Gasteiger partial charge < -0.3 is 15.5 Å². The number of carbonyl (C=O) groups is 2. The summed E-state index contributed by atoms with van der Waals surface area (Å²) in [6, 6.07) is 0. The number of nitrogens with two attached hydrogens (primary N) is 1. The van der Waals surface area contributed by atoms with Crippen LogP contribution in [0.3, 0.4) is 0 Å². The topological polar surface area (TPSA) is 69.9 Å². The second-order valence-electron chi connectivity index (χ2n) is 5.58. The van der Waals surface area contributed by atoms with E-state index in [-0.39, 0.29) is 11.8 Å². The van der Waals surface area contributed by atoms with Gasteiger partial charge in [-0.25, -0.2) is 0 Å². The van der Waals surface area contributed by atoms with Gasteiger partial charge in [0, 0.05) is 40.3 Å². The molecule has 2 N–H and O–H groups in total. The average molecular weight is 256 g/mol. The van der Waals surface area contributed by atoms with Gasteiger partial charge in [0.15, 0.2) is 0 Å².